The molecule has 0 aliphatic heterocycles. The third-order valence-corrected chi connectivity index (χ3v) is 1.71. The highest BCUT2D eigenvalue weighted by atomic mass is 15.3. The Bertz CT molecular complexity index is 271. The van der Waals surface area contributed by atoms with Crippen LogP contribution < -0.4 is 15.2 Å². The van der Waals surface area contributed by atoms with Gasteiger partial charge in [-0.2, -0.15) is 0 Å². The lowest BCUT2D eigenvalue weighted by Crippen LogP contribution is -2.39. The van der Waals surface area contributed by atoms with Gasteiger partial charge in [-0.05, 0) is 0 Å². The van der Waals surface area contributed by atoms with Gasteiger partial charge in [0.05, 0.1) is 7.05 Å². The van der Waals surface area contributed by atoms with Gasteiger partial charge in [0.2, 0.25) is 5.82 Å². The van der Waals surface area contributed by atoms with Gasteiger partial charge in [0, 0.05) is 21.0 Å². The molecule has 0 amide bonds. The molecule has 0 radical (unpaired) electrons. The lowest BCUT2D eigenvalue weighted by atomic mass is 10.6. The Labute approximate surface area is 71.9 Å². The van der Waals surface area contributed by atoms with Gasteiger partial charge in [0.1, 0.15) is 0 Å². The van der Waals surface area contributed by atoms with E-state index in [1.165, 1.54) is 0 Å². The monoisotopic (exact) mass is 168 g/mol. The second kappa shape index (κ2) is 2.92. The number of hydrogen-bond donors (Lipinski definition) is 1. The summed E-state index contributed by atoms with van der Waals surface area (Å²) < 4.78 is 1.74. The minimum atomic E-state index is 0.478. The zero-order valence-corrected chi connectivity index (χ0v) is 7.87. The van der Waals surface area contributed by atoms with Crippen molar-refractivity contribution in [3.05, 3.63) is 5.82 Å². The van der Waals surface area contributed by atoms with Crippen LogP contribution in [0.1, 0.15) is 5.82 Å². The molecular formula is C7H14N5+. The summed E-state index contributed by atoms with van der Waals surface area (Å²) in [6.07, 6.45) is 0. The zero-order chi connectivity index (χ0) is 9.30. The predicted octanol–water partition coefficient (Wildman–Crippen LogP) is -0.742. The quantitative estimate of drug-likeness (QED) is 0.561. The lowest BCUT2D eigenvalue weighted by Gasteiger charge is -2.06. The third-order valence-electron chi connectivity index (χ3n) is 1.71. The van der Waals surface area contributed by atoms with E-state index in [0.29, 0.717) is 11.9 Å². The molecule has 5 heteroatoms. The first-order valence-corrected chi connectivity index (χ1v) is 3.70. The van der Waals surface area contributed by atoms with Crippen molar-refractivity contribution in [2.45, 2.75) is 6.92 Å². The first kappa shape index (κ1) is 8.70. The summed E-state index contributed by atoms with van der Waals surface area (Å²) in [5, 5.41) is 0. The molecule has 0 aliphatic rings. The summed E-state index contributed by atoms with van der Waals surface area (Å²) in [5.74, 6) is 1.97. The number of hydrogen-bond acceptors (Lipinski definition) is 4. The number of aryl methyl sites for hydroxylation is 1. The van der Waals surface area contributed by atoms with Crippen LogP contribution in [-0.2, 0) is 7.05 Å². The average molecular weight is 168 g/mol. The fourth-order valence-electron chi connectivity index (χ4n) is 0.788. The zero-order valence-electron chi connectivity index (χ0n) is 7.87. The lowest BCUT2D eigenvalue weighted by molar-refractivity contribution is -0.668. The van der Waals surface area contributed by atoms with E-state index in [-0.39, 0.29) is 0 Å². The molecule has 0 aromatic carbocycles. The summed E-state index contributed by atoms with van der Waals surface area (Å²) in [4.78, 5) is 10.1. The van der Waals surface area contributed by atoms with Crippen molar-refractivity contribution >= 4 is 11.9 Å². The number of aromatic nitrogens is 3. The first-order valence-electron chi connectivity index (χ1n) is 3.70. The number of nitrogens with zero attached hydrogens (tertiary/aromatic N) is 4. The normalized spacial score (nSPS) is 10.0. The standard InChI is InChI=1S/C7H13N5/c1-5-9-7(11(2)3)10-6(8)12(5)4/h8H,1-4H3/p+1. The minimum absolute atomic E-state index is 0.478. The predicted molar refractivity (Wildman–Crippen MR) is 46.7 cm³/mol. The SMILES string of the molecule is Cc1nc(N(C)C)nc(N)[n+]1C. The van der Waals surface area contributed by atoms with Crippen molar-refractivity contribution in [3.63, 3.8) is 0 Å². The van der Waals surface area contributed by atoms with Crippen molar-refractivity contribution < 1.29 is 4.57 Å². The summed E-state index contributed by atoms with van der Waals surface area (Å²) in [5.41, 5.74) is 5.64. The second-order valence-corrected chi connectivity index (χ2v) is 2.88. The van der Waals surface area contributed by atoms with Gasteiger partial charge in [0.25, 0.3) is 0 Å². The summed E-state index contributed by atoms with van der Waals surface area (Å²) in [6, 6.07) is 0. The Balaban J connectivity index is 3.21. The van der Waals surface area contributed by atoms with Crippen molar-refractivity contribution in [1.82, 2.24) is 9.97 Å². The molecule has 66 valence electrons. The maximum absolute atomic E-state index is 5.64. The van der Waals surface area contributed by atoms with Gasteiger partial charge in [0.15, 0.2) is 0 Å². The molecule has 5 nitrogen and oxygen atoms in total. The van der Waals surface area contributed by atoms with Gasteiger partial charge in [-0.15, -0.1) is 0 Å². The average Bonchev–Trinajstić information content (AvgIpc) is 1.99. The van der Waals surface area contributed by atoms with Crippen molar-refractivity contribution in [1.29, 1.82) is 0 Å². The van der Waals surface area contributed by atoms with Crippen molar-refractivity contribution in [2.75, 3.05) is 24.7 Å². The molecule has 0 unspecified atom stereocenters. The summed E-state index contributed by atoms with van der Waals surface area (Å²) >= 11 is 0. The van der Waals surface area contributed by atoms with E-state index in [4.69, 9.17) is 5.73 Å². The Kier molecular flexibility index (Phi) is 2.12. The van der Waals surface area contributed by atoms with Crippen LogP contribution >= 0.6 is 0 Å². The fraction of sp³-hybridized carbons (Fsp3) is 0.571. The third kappa shape index (κ3) is 1.44. The minimum Gasteiger partial charge on any atom is -0.326 e. The van der Waals surface area contributed by atoms with E-state index < -0.39 is 0 Å². The van der Waals surface area contributed by atoms with Crippen LogP contribution in [-0.4, -0.2) is 24.1 Å². The Hall–Kier alpha value is -1.39. The molecule has 0 aliphatic carbocycles. The molecule has 12 heavy (non-hydrogen) atoms. The van der Waals surface area contributed by atoms with E-state index in [2.05, 4.69) is 9.97 Å². The highest BCUT2D eigenvalue weighted by Crippen LogP contribution is 2.02. The Morgan fingerprint density at radius 1 is 1.33 bits per heavy atom. The van der Waals surface area contributed by atoms with E-state index in [1.807, 2.05) is 33.0 Å². The largest absolute Gasteiger partial charge is 0.348 e. The molecule has 0 saturated heterocycles. The van der Waals surface area contributed by atoms with Gasteiger partial charge in [-0.3, -0.25) is 0 Å². The number of anilines is 2. The maximum atomic E-state index is 5.64. The van der Waals surface area contributed by atoms with Crippen LogP contribution in [0.25, 0.3) is 0 Å². The molecule has 1 aromatic heterocycles. The van der Waals surface area contributed by atoms with Gasteiger partial charge in [-0.25, -0.2) is 4.57 Å². The molecule has 0 bridgehead atoms. The van der Waals surface area contributed by atoms with Crippen LogP contribution in [0, 0.1) is 6.92 Å². The van der Waals surface area contributed by atoms with E-state index in [1.54, 1.807) is 4.57 Å². The molecule has 1 rings (SSSR count). The highest BCUT2D eigenvalue weighted by molar-refractivity contribution is 5.28. The molecule has 0 atom stereocenters. The molecule has 0 fully saturated rings. The van der Waals surface area contributed by atoms with Crippen LogP contribution in [0.15, 0.2) is 0 Å². The number of rotatable bonds is 1. The Morgan fingerprint density at radius 3 is 2.33 bits per heavy atom. The molecule has 0 spiro atoms. The molecule has 0 saturated carbocycles. The van der Waals surface area contributed by atoms with Crippen LogP contribution in [0.3, 0.4) is 0 Å². The van der Waals surface area contributed by atoms with E-state index >= 15 is 0 Å². The molecular weight excluding hydrogens is 154 g/mol. The second-order valence-electron chi connectivity index (χ2n) is 2.88. The van der Waals surface area contributed by atoms with Crippen molar-refractivity contribution in [2.24, 2.45) is 7.05 Å². The number of nitrogens with two attached hydrogens (primary N) is 1. The van der Waals surface area contributed by atoms with Crippen molar-refractivity contribution in [3.8, 4) is 0 Å². The highest BCUT2D eigenvalue weighted by Gasteiger charge is 2.12. The van der Waals surface area contributed by atoms with Gasteiger partial charge >= 0.3 is 11.9 Å². The summed E-state index contributed by atoms with van der Waals surface area (Å²) in [6.45, 7) is 1.89. The topological polar surface area (TPSA) is 58.9 Å². The van der Waals surface area contributed by atoms with E-state index in [9.17, 15) is 0 Å². The Morgan fingerprint density at radius 2 is 1.92 bits per heavy atom. The van der Waals surface area contributed by atoms with Crippen LogP contribution in [0.5, 0.6) is 0 Å². The summed E-state index contributed by atoms with van der Waals surface area (Å²) in [7, 11) is 5.60. The van der Waals surface area contributed by atoms with Crippen LogP contribution in [0.4, 0.5) is 11.9 Å². The molecule has 2 N–H and O–H groups in total. The first-order chi connectivity index (χ1) is 5.52. The molecule has 1 heterocycles. The maximum Gasteiger partial charge on any atom is 0.348 e. The van der Waals surface area contributed by atoms with E-state index in [0.717, 1.165) is 5.82 Å². The number of nitrogen functional groups attached to an aromatic ring is 1. The fourth-order valence-corrected chi connectivity index (χ4v) is 0.788. The van der Waals surface area contributed by atoms with Gasteiger partial charge < -0.3 is 10.6 Å². The van der Waals surface area contributed by atoms with Crippen LogP contribution in [0.2, 0.25) is 0 Å². The molecule has 1 aromatic rings. The van der Waals surface area contributed by atoms with Gasteiger partial charge in [-0.1, -0.05) is 9.97 Å². The smallest absolute Gasteiger partial charge is 0.326 e.